The molecule has 108 valence electrons. The summed E-state index contributed by atoms with van der Waals surface area (Å²) in [7, 11) is -3.48. The van der Waals surface area contributed by atoms with E-state index in [1.165, 1.54) is 0 Å². The first-order chi connectivity index (χ1) is 8.92. The lowest BCUT2D eigenvalue weighted by Crippen LogP contribution is -2.31. The van der Waals surface area contributed by atoms with E-state index in [1.807, 2.05) is 0 Å². The summed E-state index contributed by atoms with van der Waals surface area (Å²) in [6.07, 6.45) is 1.04. The van der Waals surface area contributed by atoms with Crippen molar-refractivity contribution in [3.8, 4) is 0 Å². The van der Waals surface area contributed by atoms with Gasteiger partial charge in [0.2, 0.25) is 0 Å². The molecular weight excluding hydrogens is 306 g/mol. The number of aryl methyl sites for hydroxylation is 1. The maximum absolute atomic E-state index is 12.2. The van der Waals surface area contributed by atoms with E-state index >= 15 is 0 Å². The molecule has 1 fully saturated rings. The van der Waals surface area contributed by atoms with E-state index in [0.717, 1.165) is 37.4 Å². The molecule has 8 heteroatoms. The third-order valence-corrected chi connectivity index (χ3v) is 6.65. The Labute approximate surface area is 123 Å². The van der Waals surface area contributed by atoms with E-state index in [4.69, 9.17) is 11.6 Å². The minimum atomic E-state index is -3.48. The van der Waals surface area contributed by atoms with Gasteiger partial charge in [-0.1, -0.05) is 29.9 Å². The van der Waals surface area contributed by atoms with Crippen LogP contribution < -0.4 is 4.72 Å². The van der Waals surface area contributed by atoms with Crippen molar-refractivity contribution in [2.45, 2.75) is 24.5 Å². The van der Waals surface area contributed by atoms with Crippen molar-refractivity contribution in [3.63, 3.8) is 0 Å². The van der Waals surface area contributed by atoms with Gasteiger partial charge in [0.05, 0.1) is 5.69 Å². The second kappa shape index (κ2) is 6.05. The van der Waals surface area contributed by atoms with E-state index in [9.17, 15) is 8.42 Å². The standard InChI is InChI=1S/C11H18ClN3O2S2/c1-3-15-5-4-9(7-15)6-13-19(16,17)10-8(2)14-11(12)18-10/h9,13H,3-7H2,1-2H3. The Morgan fingerprint density at radius 1 is 1.58 bits per heavy atom. The molecule has 1 atom stereocenters. The number of hydrogen-bond donors (Lipinski definition) is 1. The van der Waals surface area contributed by atoms with Crippen molar-refractivity contribution in [2.24, 2.45) is 5.92 Å². The van der Waals surface area contributed by atoms with Crippen molar-refractivity contribution in [1.82, 2.24) is 14.6 Å². The average Bonchev–Trinajstić information content (AvgIpc) is 2.93. The monoisotopic (exact) mass is 323 g/mol. The molecular formula is C11H18ClN3O2S2. The highest BCUT2D eigenvalue weighted by Crippen LogP contribution is 2.26. The number of hydrogen-bond acceptors (Lipinski definition) is 5. The fraction of sp³-hybridized carbons (Fsp3) is 0.727. The second-order valence-electron chi connectivity index (χ2n) is 4.74. The summed E-state index contributed by atoms with van der Waals surface area (Å²) in [5.41, 5.74) is 0.462. The molecule has 1 saturated heterocycles. The number of thiazole rings is 1. The van der Waals surface area contributed by atoms with E-state index in [1.54, 1.807) is 6.92 Å². The van der Waals surface area contributed by atoms with Gasteiger partial charge < -0.3 is 4.90 Å². The van der Waals surface area contributed by atoms with Crippen LogP contribution in [0.1, 0.15) is 19.0 Å². The molecule has 0 saturated carbocycles. The van der Waals surface area contributed by atoms with Crippen LogP contribution in [0.5, 0.6) is 0 Å². The number of likely N-dealkylation sites (tertiary alicyclic amines) is 1. The lowest BCUT2D eigenvalue weighted by Gasteiger charge is -2.13. The number of nitrogens with one attached hydrogen (secondary N) is 1. The van der Waals surface area contributed by atoms with Gasteiger partial charge in [0.25, 0.3) is 10.0 Å². The highest BCUT2D eigenvalue weighted by molar-refractivity contribution is 7.91. The van der Waals surface area contributed by atoms with Crippen LogP contribution in [0, 0.1) is 12.8 Å². The van der Waals surface area contributed by atoms with Gasteiger partial charge in [0, 0.05) is 13.1 Å². The molecule has 1 aliphatic heterocycles. The summed E-state index contributed by atoms with van der Waals surface area (Å²) < 4.78 is 27.5. The summed E-state index contributed by atoms with van der Waals surface area (Å²) in [5, 5.41) is 0. The molecule has 5 nitrogen and oxygen atoms in total. The molecule has 1 aromatic rings. The minimum absolute atomic E-state index is 0.225. The highest BCUT2D eigenvalue weighted by atomic mass is 35.5. The van der Waals surface area contributed by atoms with Crippen molar-refractivity contribution in [3.05, 3.63) is 10.2 Å². The smallest absolute Gasteiger partial charge is 0.251 e. The molecule has 0 radical (unpaired) electrons. The molecule has 1 aliphatic rings. The maximum atomic E-state index is 12.2. The number of nitrogens with zero attached hydrogens (tertiary/aromatic N) is 2. The van der Waals surface area contributed by atoms with Gasteiger partial charge >= 0.3 is 0 Å². The third kappa shape index (κ3) is 3.66. The first kappa shape index (κ1) is 15.2. The van der Waals surface area contributed by atoms with Gasteiger partial charge in [0.15, 0.2) is 8.68 Å². The zero-order chi connectivity index (χ0) is 14.0. The minimum Gasteiger partial charge on any atom is -0.303 e. The lowest BCUT2D eigenvalue weighted by molar-refractivity contribution is 0.342. The summed E-state index contributed by atoms with van der Waals surface area (Å²) >= 11 is 6.75. The van der Waals surface area contributed by atoms with Crippen molar-refractivity contribution in [1.29, 1.82) is 0 Å². The van der Waals surface area contributed by atoms with Crippen LogP contribution in [0.4, 0.5) is 0 Å². The molecule has 0 bridgehead atoms. The quantitative estimate of drug-likeness (QED) is 0.896. The first-order valence-corrected chi connectivity index (χ1v) is 8.95. The molecule has 0 aliphatic carbocycles. The molecule has 2 rings (SSSR count). The highest BCUT2D eigenvalue weighted by Gasteiger charge is 2.25. The Kier molecular flexibility index (Phi) is 4.84. The summed E-state index contributed by atoms with van der Waals surface area (Å²) in [6, 6.07) is 0. The molecule has 0 amide bonds. The zero-order valence-corrected chi connectivity index (χ0v) is 13.4. The maximum Gasteiger partial charge on any atom is 0.251 e. The van der Waals surface area contributed by atoms with Crippen molar-refractivity contribution < 1.29 is 8.42 Å². The molecule has 1 N–H and O–H groups in total. The summed E-state index contributed by atoms with van der Waals surface area (Å²) in [6.45, 7) is 7.29. The van der Waals surface area contributed by atoms with Crippen LogP contribution in [0.2, 0.25) is 4.47 Å². The molecule has 2 heterocycles. The van der Waals surface area contributed by atoms with Crippen LogP contribution in [-0.4, -0.2) is 44.5 Å². The number of sulfonamides is 1. The first-order valence-electron chi connectivity index (χ1n) is 6.27. The van der Waals surface area contributed by atoms with E-state index < -0.39 is 10.0 Å². The Morgan fingerprint density at radius 2 is 2.32 bits per heavy atom. The van der Waals surface area contributed by atoms with E-state index in [2.05, 4.69) is 21.5 Å². The largest absolute Gasteiger partial charge is 0.303 e. The average molecular weight is 324 g/mol. The molecule has 1 aromatic heterocycles. The predicted octanol–water partition coefficient (Wildman–Crippen LogP) is 1.73. The van der Waals surface area contributed by atoms with Gasteiger partial charge in [-0.3, -0.25) is 0 Å². The fourth-order valence-electron chi connectivity index (χ4n) is 2.26. The van der Waals surface area contributed by atoms with Crippen LogP contribution in [0.15, 0.2) is 4.21 Å². The number of aromatic nitrogens is 1. The van der Waals surface area contributed by atoms with Crippen LogP contribution >= 0.6 is 22.9 Å². The normalized spacial score (nSPS) is 21.1. The second-order valence-corrected chi connectivity index (χ2v) is 8.28. The number of rotatable bonds is 5. The number of halogens is 1. The SMILES string of the molecule is CCN1CCC(CNS(=O)(=O)c2sc(Cl)nc2C)C1. The van der Waals surface area contributed by atoms with Crippen molar-refractivity contribution in [2.75, 3.05) is 26.2 Å². The fourth-order valence-corrected chi connectivity index (χ4v) is 5.16. The van der Waals surface area contributed by atoms with Gasteiger partial charge in [-0.25, -0.2) is 18.1 Å². The van der Waals surface area contributed by atoms with E-state index in [0.29, 0.717) is 18.2 Å². The Balaban J connectivity index is 1.97. The van der Waals surface area contributed by atoms with Crippen LogP contribution in [-0.2, 0) is 10.0 Å². The third-order valence-electron chi connectivity index (χ3n) is 3.35. The lowest BCUT2D eigenvalue weighted by atomic mass is 10.1. The van der Waals surface area contributed by atoms with Crippen LogP contribution in [0.25, 0.3) is 0 Å². The molecule has 0 aromatic carbocycles. The Hall–Kier alpha value is -0.210. The molecule has 1 unspecified atom stereocenters. The van der Waals surface area contributed by atoms with Crippen molar-refractivity contribution >= 4 is 33.0 Å². The van der Waals surface area contributed by atoms with Gasteiger partial charge in [-0.2, -0.15) is 0 Å². The summed E-state index contributed by atoms with van der Waals surface area (Å²) in [4.78, 5) is 6.27. The Morgan fingerprint density at radius 3 is 2.84 bits per heavy atom. The predicted molar refractivity (Wildman–Crippen MR) is 77.3 cm³/mol. The summed E-state index contributed by atoms with van der Waals surface area (Å²) in [5.74, 6) is 0.387. The van der Waals surface area contributed by atoms with Gasteiger partial charge in [0.1, 0.15) is 0 Å². The molecule has 19 heavy (non-hydrogen) atoms. The zero-order valence-electron chi connectivity index (χ0n) is 11.0. The molecule has 0 spiro atoms. The van der Waals surface area contributed by atoms with Crippen LogP contribution in [0.3, 0.4) is 0 Å². The van der Waals surface area contributed by atoms with Gasteiger partial charge in [-0.15, -0.1) is 0 Å². The topological polar surface area (TPSA) is 62.3 Å². The Bertz CT molecular complexity index is 544. The van der Waals surface area contributed by atoms with E-state index in [-0.39, 0.29) is 8.68 Å². The van der Waals surface area contributed by atoms with Gasteiger partial charge in [-0.05, 0) is 32.4 Å².